The first-order valence-corrected chi connectivity index (χ1v) is 8.18. The van der Waals surface area contributed by atoms with E-state index in [1.807, 2.05) is 55.5 Å². The number of nitrogens with one attached hydrogen (secondary N) is 2. The van der Waals surface area contributed by atoms with E-state index in [-0.39, 0.29) is 18.5 Å². The van der Waals surface area contributed by atoms with Crippen molar-refractivity contribution in [2.24, 2.45) is 0 Å². The van der Waals surface area contributed by atoms with Crippen molar-refractivity contribution in [1.29, 1.82) is 0 Å². The predicted molar refractivity (Wildman–Crippen MR) is 93.3 cm³/mol. The number of hydrogen-bond donors (Lipinski definition) is 2. The first-order chi connectivity index (χ1) is 10.1. The van der Waals surface area contributed by atoms with Crippen molar-refractivity contribution in [3.63, 3.8) is 0 Å². The highest BCUT2D eigenvalue weighted by Crippen LogP contribution is 2.22. The van der Waals surface area contributed by atoms with Crippen LogP contribution in [0.1, 0.15) is 18.5 Å². The van der Waals surface area contributed by atoms with Crippen LogP contribution in [0.2, 0.25) is 0 Å². The summed E-state index contributed by atoms with van der Waals surface area (Å²) in [5.74, 6) is -0.0590. The Kier molecular flexibility index (Phi) is 5.96. The van der Waals surface area contributed by atoms with Crippen LogP contribution in [-0.2, 0) is 4.79 Å². The zero-order valence-electron chi connectivity index (χ0n) is 11.6. The van der Waals surface area contributed by atoms with E-state index in [0.29, 0.717) is 0 Å². The van der Waals surface area contributed by atoms with Gasteiger partial charge in [-0.05, 0) is 42.8 Å². The summed E-state index contributed by atoms with van der Waals surface area (Å²) in [6.45, 7) is 2.30. The second kappa shape index (κ2) is 7.73. The molecule has 0 unspecified atom stereocenters. The number of rotatable bonds is 5. The van der Waals surface area contributed by atoms with Crippen molar-refractivity contribution in [2.75, 3.05) is 11.9 Å². The molecule has 21 heavy (non-hydrogen) atoms. The smallest absolute Gasteiger partial charge is 0.238 e. The number of hydrogen-bond acceptors (Lipinski definition) is 2. The Bertz CT molecular complexity index is 614. The molecule has 1 amide bonds. The summed E-state index contributed by atoms with van der Waals surface area (Å²) in [5, 5.41) is 6.08. The molecule has 110 valence electrons. The average Bonchev–Trinajstić information content (AvgIpc) is 2.48. The maximum atomic E-state index is 11.9. The van der Waals surface area contributed by atoms with Crippen molar-refractivity contribution < 1.29 is 4.79 Å². The molecule has 5 heteroatoms. The molecule has 3 nitrogen and oxygen atoms in total. The third-order valence-corrected chi connectivity index (χ3v) is 4.32. The normalized spacial score (nSPS) is 12.0. The lowest BCUT2D eigenvalue weighted by atomic mass is 10.1. The maximum Gasteiger partial charge on any atom is 0.238 e. The minimum absolute atomic E-state index is 0.0590. The molecule has 2 aromatic rings. The van der Waals surface area contributed by atoms with E-state index in [2.05, 4.69) is 42.5 Å². The highest BCUT2D eigenvalue weighted by atomic mass is 79.9. The van der Waals surface area contributed by atoms with Crippen LogP contribution < -0.4 is 10.6 Å². The van der Waals surface area contributed by atoms with Crippen molar-refractivity contribution in [3.8, 4) is 0 Å². The molecule has 0 saturated carbocycles. The van der Waals surface area contributed by atoms with E-state index in [9.17, 15) is 4.79 Å². The van der Waals surface area contributed by atoms with Crippen LogP contribution >= 0.6 is 31.9 Å². The fraction of sp³-hybridized carbons (Fsp3) is 0.188. The highest BCUT2D eigenvalue weighted by molar-refractivity contribution is 9.10. The fourth-order valence-electron chi connectivity index (χ4n) is 1.92. The van der Waals surface area contributed by atoms with Gasteiger partial charge in [-0.15, -0.1) is 0 Å². The van der Waals surface area contributed by atoms with Crippen LogP contribution in [0, 0.1) is 0 Å². The number of halogens is 2. The molecule has 2 rings (SSSR count). The van der Waals surface area contributed by atoms with Gasteiger partial charge in [0, 0.05) is 20.7 Å². The largest absolute Gasteiger partial charge is 0.325 e. The Hall–Kier alpha value is -1.17. The highest BCUT2D eigenvalue weighted by Gasteiger charge is 2.10. The monoisotopic (exact) mass is 410 g/mol. The summed E-state index contributed by atoms with van der Waals surface area (Å²) < 4.78 is 2.03. The Morgan fingerprint density at radius 3 is 2.43 bits per heavy atom. The van der Waals surface area contributed by atoms with Gasteiger partial charge in [0.1, 0.15) is 0 Å². The molecule has 2 aromatic carbocycles. The number of carbonyl (C=O) groups excluding carboxylic acids is 1. The summed E-state index contributed by atoms with van der Waals surface area (Å²) in [7, 11) is 0. The third kappa shape index (κ3) is 4.95. The lowest BCUT2D eigenvalue weighted by Crippen LogP contribution is -2.30. The number of carbonyl (C=O) groups is 1. The zero-order chi connectivity index (χ0) is 15.2. The van der Waals surface area contributed by atoms with E-state index in [0.717, 1.165) is 20.2 Å². The minimum atomic E-state index is -0.0590. The second-order valence-electron chi connectivity index (χ2n) is 4.68. The minimum Gasteiger partial charge on any atom is -0.325 e. The molecule has 0 spiro atoms. The standard InChI is InChI=1S/C16H16Br2N2O/c1-11(14-4-2-3-5-15(14)18)19-10-16(21)20-13-8-6-12(17)7-9-13/h2-9,11,19H,10H2,1H3,(H,20,21)/t11-/m1/s1. The van der Waals surface area contributed by atoms with Gasteiger partial charge in [0.2, 0.25) is 5.91 Å². The molecule has 0 saturated heterocycles. The summed E-state index contributed by atoms with van der Waals surface area (Å²) in [6, 6.07) is 15.6. The van der Waals surface area contributed by atoms with Gasteiger partial charge in [0.25, 0.3) is 0 Å². The van der Waals surface area contributed by atoms with E-state index >= 15 is 0 Å². The summed E-state index contributed by atoms with van der Waals surface area (Å²) in [5.41, 5.74) is 1.92. The van der Waals surface area contributed by atoms with Crippen molar-refractivity contribution in [3.05, 3.63) is 63.0 Å². The molecule has 0 aromatic heterocycles. The van der Waals surface area contributed by atoms with E-state index in [1.165, 1.54) is 0 Å². The lowest BCUT2D eigenvalue weighted by molar-refractivity contribution is -0.115. The zero-order valence-corrected chi connectivity index (χ0v) is 14.7. The molecule has 2 N–H and O–H groups in total. The molecule has 0 fully saturated rings. The van der Waals surface area contributed by atoms with Crippen LogP contribution in [0.5, 0.6) is 0 Å². The van der Waals surface area contributed by atoms with Crippen LogP contribution in [-0.4, -0.2) is 12.5 Å². The number of benzene rings is 2. The van der Waals surface area contributed by atoms with E-state index < -0.39 is 0 Å². The first-order valence-electron chi connectivity index (χ1n) is 6.59. The van der Waals surface area contributed by atoms with Gasteiger partial charge >= 0.3 is 0 Å². The molecule has 0 bridgehead atoms. The predicted octanol–water partition coefficient (Wildman–Crippen LogP) is 4.50. The van der Waals surface area contributed by atoms with Crippen LogP contribution in [0.15, 0.2) is 57.5 Å². The molecule has 0 aliphatic rings. The van der Waals surface area contributed by atoms with Gasteiger partial charge in [-0.25, -0.2) is 0 Å². The van der Waals surface area contributed by atoms with E-state index in [4.69, 9.17) is 0 Å². The fourth-order valence-corrected chi connectivity index (χ4v) is 2.81. The van der Waals surface area contributed by atoms with Gasteiger partial charge < -0.3 is 10.6 Å². The van der Waals surface area contributed by atoms with Crippen molar-refractivity contribution in [2.45, 2.75) is 13.0 Å². The van der Waals surface area contributed by atoms with Gasteiger partial charge in [-0.1, -0.05) is 50.1 Å². The topological polar surface area (TPSA) is 41.1 Å². The number of anilines is 1. The molecule has 0 aliphatic heterocycles. The summed E-state index contributed by atoms with van der Waals surface area (Å²) in [6.07, 6.45) is 0. The summed E-state index contributed by atoms with van der Waals surface area (Å²) in [4.78, 5) is 11.9. The molecule has 0 aliphatic carbocycles. The maximum absolute atomic E-state index is 11.9. The Morgan fingerprint density at radius 1 is 1.10 bits per heavy atom. The number of amides is 1. The van der Waals surface area contributed by atoms with Crippen molar-refractivity contribution >= 4 is 43.5 Å². The quantitative estimate of drug-likeness (QED) is 0.760. The first kappa shape index (κ1) is 16.2. The second-order valence-corrected chi connectivity index (χ2v) is 6.45. The molecule has 0 heterocycles. The summed E-state index contributed by atoms with van der Waals surface area (Å²) >= 11 is 6.88. The van der Waals surface area contributed by atoms with Gasteiger partial charge in [-0.3, -0.25) is 4.79 Å². The van der Waals surface area contributed by atoms with Gasteiger partial charge in [0.15, 0.2) is 0 Å². The Balaban J connectivity index is 1.86. The molecular formula is C16H16Br2N2O. The van der Waals surface area contributed by atoms with Gasteiger partial charge in [0.05, 0.1) is 6.54 Å². The van der Waals surface area contributed by atoms with Crippen molar-refractivity contribution in [1.82, 2.24) is 5.32 Å². The Labute approximate surface area is 141 Å². The Morgan fingerprint density at radius 2 is 1.76 bits per heavy atom. The molecular weight excluding hydrogens is 396 g/mol. The molecule has 0 radical (unpaired) electrons. The van der Waals surface area contributed by atoms with E-state index in [1.54, 1.807) is 0 Å². The SMILES string of the molecule is C[C@@H](NCC(=O)Nc1ccc(Br)cc1)c1ccccc1Br. The van der Waals surface area contributed by atoms with Crippen LogP contribution in [0.25, 0.3) is 0 Å². The van der Waals surface area contributed by atoms with Crippen LogP contribution in [0.3, 0.4) is 0 Å². The average molecular weight is 412 g/mol. The molecule has 1 atom stereocenters. The van der Waals surface area contributed by atoms with Crippen LogP contribution in [0.4, 0.5) is 5.69 Å². The lowest BCUT2D eigenvalue weighted by Gasteiger charge is -2.15. The third-order valence-electron chi connectivity index (χ3n) is 3.07. The van der Waals surface area contributed by atoms with Gasteiger partial charge in [-0.2, -0.15) is 0 Å².